The zero-order valence-corrected chi connectivity index (χ0v) is 28.8. The van der Waals surface area contributed by atoms with E-state index in [-0.39, 0.29) is 33.5 Å². The third kappa shape index (κ3) is 5.35. The number of ether oxygens (including phenoxy) is 1. The summed E-state index contributed by atoms with van der Waals surface area (Å²) >= 11 is 7.93. The lowest BCUT2D eigenvalue weighted by Gasteiger charge is -2.61. The first-order chi connectivity index (χ1) is 20.7. The van der Waals surface area contributed by atoms with Crippen molar-refractivity contribution in [2.45, 2.75) is 77.0 Å². The maximum atomic E-state index is 14.5. The summed E-state index contributed by atoms with van der Waals surface area (Å²) < 4.78 is 6.05. The lowest BCUT2D eigenvalue weighted by molar-refractivity contribution is -0.154. The molecular weight excluding hydrogens is 664 g/mol. The fraction of sp³-hybridized carbons (Fsp3) is 0.526. The number of halogens is 2. The van der Waals surface area contributed by atoms with E-state index in [1.54, 1.807) is 0 Å². The smallest absolute Gasteiger partial charge is 0.308 e. The lowest BCUT2D eigenvalue weighted by Crippen LogP contribution is -2.61. The molecule has 4 aliphatic rings. The molecule has 4 fully saturated rings. The van der Waals surface area contributed by atoms with E-state index in [2.05, 4.69) is 76.0 Å². The number of hydrogen-bond acceptors (Lipinski definition) is 3. The second-order valence-electron chi connectivity index (χ2n) is 14.0. The molecule has 3 nitrogen and oxygen atoms in total. The zero-order valence-electron chi connectivity index (χ0n) is 25.7. The molecule has 2 unspecified atom stereocenters. The first kappa shape index (κ1) is 31.0. The van der Waals surface area contributed by atoms with Crippen LogP contribution in [0.1, 0.15) is 83.3 Å². The molecule has 0 aliphatic heterocycles. The predicted octanol–water partition coefficient (Wildman–Crippen LogP) is 9.93. The van der Waals surface area contributed by atoms with E-state index < -0.39 is 0 Å². The molecule has 0 heterocycles. The van der Waals surface area contributed by atoms with Crippen LogP contribution in [0.4, 0.5) is 0 Å². The van der Waals surface area contributed by atoms with Crippen LogP contribution >= 0.6 is 31.9 Å². The van der Waals surface area contributed by atoms with Crippen molar-refractivity contribution >= 4 is 49.2 Å². The number of carbonyl (C=O) groups is 2. The highest BCUT2D eigenvalue weighted by Crippen LogP contribution is 2.68. The number of esters is 1. The van der Waals surface area contributed by atoms with Crippen molar-refractivity contribution in [3.05, 3.63) is 89.2 Å². The van der Waals surface area contributed by atoms with Crippen LogP contribution in [0.5, 0.6) is 0 Å². The SMILES string of the molecule is CC(=O)OC(C=C(CBr)[C@H]1CC[C@H]2[C@@H]3CCC4CCCC[C@]4(C)[C@H]3C(=O)C(Br)[C@]12C)=C(c1ccccc1)c1ccccc1. The van der Waals surface area contributed by atoms with E-state index in [1.165, 1.54) is 51.0 Å². The average molecular weight is 709 g/mol. The molecule has 0 amide bonds. The summed E-state index contributed by atoms with van der Waals surface area (Å²) in [5.41, 5.74) is 4.03. The number of fused-ring (bicyclic) bond motifs is 5. The van der Waals surface area contributed by atoms with Crippen molar-refractivity contribution < 1.29 is 14.3 Å². The van der Waals surface area contributed by atoms with Crippen LogP contribution < -0.4 is 0 Å². The van der Waals surface area contributed by atoms with Crippen molar-refractivity contribution in [1.29, 1.82) is 0 Å². The maximum Gasteiger partial charge on any atom is 0.308 e. The van der Waals surface area contributed by atoms with E-state index in [0.29, 0.717) is 34.6 Å². The molecule has 0 saturated heterocycles. The second-order valence-corrected chi connectivity index (χ2v) is 15.4. The molecule has 8 atom stereocenters. The molecule has 228 valence electrons. The first-order valence-corrected chi connectivity index (χ1v) is 18.2. The molecule has 2 aromatic carbocycles. The van der Waals surface area contributed by atoms with Gasteiger partial charge in [-0.25, -0.2) is 0 Å². The van der Waals surface area contributed by atoms with Gasteiger partial charge in [-0.1, -0.05) is 125 Å². The standard InChI is InChI=1S/C38H44Br2O3/c1-24(41)43-32(33(25-12-6-4-7-13-25)26-14-8-5-9-15-26)22-27(23-39)30-19-20-31-29-18-17-28-16-10-11-21-37(28,2)34(29)35(42)36(40)38(30,31)3/h4-9,12-15,22,28-31,34,36H,10-11,16-21,23H2,1-3H3/t28?,29-,30+,31-,34+,36?,37-,38+/m0/s1. The van der Waals surface area contributed by atoms with Gasteiger partial charge in [-0.05, 0) is 90.2 Å². The van der Waals surface area contributed by atoms with Crippen molar-refractivity contribution in [2.75, 3.05) is 5.33 Å². The third-order valence-electron chi connectivity index (χ3n) is 11.9. The highest BCUT2D eigenvalue weighted by atomic mass is 79.9. The van der Waals surface area contributed by atoms with E-state index in [9.17, 15) is 9.59 Å². The fourth-order valence-electron chi connectivity index (χ4n) is 10.0. The van der Waals surface area contributed by atoms with Gasteiger partial charge in [0.05, 0.1) is 4.83 Å². The second kappa shape index (κ2) is 12.4. The van der Waals surface area contributed by atoms with Gasteiger partial charge in [0, 0.05) is 23.7 Å². The Hall–Kier alpha value is -1.98. The highest BCUT2D eigenvalue weighted by Gasteiger charge is 2.66. The van der Waals surface area contributed by atoms with Gasteiger partial charge in [-0.2, -0.15) is 0 Å². The Bertz CT molecular complexity index is 1370. The van der Waals surface area contributed by atoms with Crippen LogP contribution in [0.15, 0.2) is 78.1 Å². The zero-order chi connectivity index (χ0) is 30.4. The van der Waals surface area contributed by atoms with Gasteiger partial charge < -0.3 is 4.74 Å². The van der Waals surface area contributed by atoms with Gasteiger partial charge in [-0.15, -0.1) is 0 Å². The number of ketones is 1. The number of benzene rings is 2. The number of carbonyl (C=O) groups excluding carboxylic acids is 2. The number of allylic oxidation sites excluding steroid dienone is 2. The Balaban J connectivity index is 1.44. The normalized spacial score (nSPS) is 35.4. The van der Waals surface area contributed by atoms with Crippen molar-refractivity contribution in [3.63, 3.8) is 0 Å². The summed E-state index contributed by atoms with van der Waals surface area (Å²) in [5.74, 6) is 2.68. The Morgan fingerprint density at radius 1 is 0.930 bits per heavy atom. The van der Waals surface area contributed by atoms with Gasteiger partial charge in [0.2, 0.25) is 0 Å². The summed E-state index contributed by atoms with van der Waals surface area (Å²) in [6.45, 7) is 6.30. The van der Waals surface area contributed by atoms with E-state index in [4.69, 9.17) is 4.74 Å². The minimum atomic E-state index is -0.341. The minimum absolute atomic E-state index is 0.142. The Morgan fingerprint density at radius 2 is 1.58 bits per heavy atom. The number of rotatable bonds is 6. The van der Waals surface area contributed by atoms with Gasteiger partial charge in [-0.3, -0.25) is 9.59 Å². The van der Waals surface area contributed by atoms with E-state index in [0.717, 1.165) is 29.5 Å². The molecule has 0 N–H and O–H groups in total. The molecule has 0 radical (unpaired) electrons. The molecule has 43 heavy (non-hydrogen) atoms. The maximum absolute atomic E-state index is 14.5. The van der Waals surface area contributed by atoms with Gasteiger partial charge in [0.25, 0.3) is 0 Å². The molecule has 4 saturated carbocycles. The predicted molar refractivity (Wildman–Crippen MR) is 181 cm³/mol. The molecule has 6 rings (SSSR count). The number of hydrogen-bond donors (Lipinski definition) is 0. The number of Topliss-reactive ketones (excluding diaryl/α,β-unsaturated/α-hetero) is 1. The minimum Gasteiger partial charge on any atom is -0.426 e. The molecule has 4 aliphatic carbocycles. The summed E-state index contributed by atoms with van der Waals surface area (Å²) in [5, 5.41) is 0.656. The van der Waals surface area contributed by atoms with E-state index >= 15 is 0 Å². The lowest BCUT2D eigenvalue weighted by atomic mass is 9.44. The average Bonchev–Trinajstić information content (AvgIpc) is 3.36. The molecule has 2 aromatic rings. The van der Waals surface area contributed by atoms with Gasteiger partial charge in [0.15, 0.2) is 5.78 Å². The summed E-state index contributed by atoms with van der Waals surface area (Å²) in [7, 11) is 0. The Morgan fingerprint density at radius 3 is 2.19 bits per heavy atom. The van der Waals surface area contributed by atoms with Crippen LogP contribution in [0.25, 0.3) is 5.57 Å². The van der Waals surface area contributed by atoms with Gasteiger partial charge >= 0.3 is 5.97 Å². The van der Waals surface area contributed by atoms with Crippen LogP contribution in [-0.4, -0.2) is 21.9 Å². The highest BCUT2D eigenvalue weighted by molar-refractivity contribution is 9.10. The van der Waals surface area contributed by atoms with Gasteiger partial charge in [0.1, 0.15) is 5.76 Å². The van der Waals surface area contributed by atoms with Crippen LogP contribution in [-0.2, 0) is 14.3 Å². The van der Waals surface area contributed by atoms with Crippen LogP contribution in [0, 0.1) is 40.4 Å². The quantitative estimate of drug-likeness (QED) is 0.130. The molecule has 5 heteroatoms. The summed E-state index contributed by atoms with van der Waals surface area (Å²) in [4.78, 5) is 26.9. The molecule has 0 spiro atoms. The molecular formula is C38H44Br2O3. The third-order valence-corrected chi connectivity index (χ3v) is 14.0. The Kier molecular flexibility index (Phi) is 8.97. The molecule has 0 aromatic heterocycles. The number of alkyl halides is 2. The topological polar surface area (TPSA) is 43.4 Å². The van der Waals surface area contributed by atoms with Crippen molar-refractivity contribution in [1.82, 2.24) is 0 Å². The van der Waals surface area contributed by atoms with Crippen molar-refractivity contribution in [2.24, 2.45) is 40.4 Å². The fourth-order valence-corrected chi connectivity index (χ4v) is 11.5. The largest absolute Gasteiger partial charge is 0.426 e. The summed E-state index contributed by atoms with van der Waals surface area (Å²) in [6.07, 6.45) is 11.8. The van der Waals surface area contributed by atoms with Crippen LogP contribution in [0.3, 0.4) is 0 Å². The Labute approximate surface area is 274 Å². The monoisotopic (exact) mass is 706 g/mol. The summed E-state index contributed by atoms with van der Waals surface area (Å²) in [6, 6.07) is 20.3. The molecule has 0 bridgehead atoms. The van der Waals surface area contributed by atoms with Crippen LogP contribution in [0.2, 0.25) is 0 Å². The van der Waals surface area contributed by atoms with Crippen molar-refractivity contribution in [3.8, 4) is 0 Å². The first-order valence-electron chi connectivity index (χ1n) is 16.2. The van der Waals surface area contributed by atoms with E-state index in [1.807, 2.05) is 36.4 Å².